The molecule has 0 saturated carbocycles. The summed E-state index contributed by atoms with van der Waals surface area (Å²) < 4.78 is 91.7. The van der Waals surface area contributed by atoms with Crippen LogP contribution in [-0.4, -0.2) is 40.3 Å². The molecule has 0 atom stereocenters. The molecule has 11 heteroatoms. The first kappa shape index (κ1) is 16.7. The van der Waals surface area contributed by atoms with Crippen LogP contribution in [0.5, 0.6) is 0 Å². The second kappa shape index (κ2) is 5.19. The Morgan fingerprint density at radius 3 is 1.58 bits per heavy atom. The van der Waals surface area contributed by atoms with Crippen molar-refractivity contribution in [1.29, 1.82) is 0 Å². The Morgan fingerprint density at radius 1 is 0.895 bits per heavy atom. The van der Waals surface area contributed by atoms with Gasteiger partial charge in [-0.2, -0.15) is 30.0 Å². The summed E-state index contributed by atoms with van der Waals surface area (Å²) in [6.45, 7) is 0.226. The average molecular weight is 326 g/mol. The van der Waals surface area contributed by atoms with Crippen LogP contribution >= 0.6 is 0 Å². The van der Waals surface area contributed by atoms with E-state index in [1.807, 2.05) is 0 Å². The zero-order valence-corrected chi connectivity index (χ0v) is 11.6. The van der Waals surface area contributed by atoms with Crippen molar-refractivity contribution in [2.75, 3.05) is 11.5 Å². The fraction of sp³-hybridized carbons (Fsp3) is 1.00. The van der Waals surface area contributed by atoms with E-state index in [2.05, 4.69) is 8.37 Å². The van der Waals surface area contributed by atoms with Gasteiger partial charge in [-0.25, -0.2) is 8.37 Å². The molecule has 0 aromatic carbocycles. The van der Waals surface area contributed by atoms with Crippen molar-refractivity contribution < 1.29 is 38.4 Å². The molecule has 0 bridgehead atoms. The van der Waals surface area contributed by atoms with Gasteiger partial charge in [-0.15, -0.1) is 0 Å². The summed E-state index contributed by atoms with van der Waals surface area (Å²) in [6.07, 6.45) is -5.04. The van der Waals surface area contributed by atoms with Crippen LogP contribution in [0.4, 0.5) is 13.2 Å². The van der Waals surface area contributed by atoms with Crippen LogP contribution in [0.1, 0.15) is 26.2 Å². The topological polar surface area (TPSA) is 86.7 Å². The van der Waals surface area contributed by atoms with E-state index in [0.717, 1.165) is 0 Å². The van der Waals surface area contributed by atoms with Crippen molar-refractivity contribution in [3.63, 3.8) is 0 Å². The Labute approximate surface area is 109 Å². The van der Waals surface area contributed by atoms with Crippen molar-refractivity contribution in [1.82, 2.24) is 0 Å². The van der Waals surface area contributed by atoms with Gasteiger partial charge in [0.25, 0.3) is 26.0 Å². The lowest BCUT2D eigenvalue weighted by Crippen LogP contribution is -2.50. The molecule has 0 aromatic rings. The highest BCUT2D eigenvalue weighted by Crippen LogP contribution is 2.37. The van der Waals surface area contributed by atoms with Crippen LogP contribution in [0.2, 0.25) is 0 Å². The summed E-state index contributed by atoms with van der Waals surface area (Å²) in [7, 11) is -9.06. The Hall–Kier alpha value is -0.390. The molecule has 1 aliphatic rings. The van der Waals surface area contributed by atoms with Gasteiger partial charge in [-0.3, -0.25) is 0 Å². The Balaban J connectivity index is 3.20. The van der Waals surface area contributed by atoms with Gasteiger partial charge < -0.3 is 0 Å². The van der Waals surface area contributed by atoms with E-state index < -0.39 is 43.7 Å². The molecule has 0 aromatic heterocycles. The smallest absolute Gasteiger partial charge is 0.224 e. The van der Waals surface area contributed by atoms with Crippen LogP contribution in [0.15, 0.2) is 0 Å². The first-order chi connectivity index (χ1) is 8.37. The van der Waals surface area contributed by atoms with Gasteiger partial charge >= 0.3 is 6.18 Å². The van der Waals surface area contributed by atoms with Crippen molar-refractivity contribution in [2.45, 2.75) is 38.1 Å². The molecule has 1 saturated heterocycles. The molecule has 6 nitrogen and oxygen atoms in total. The standard InChI is InChI=1S/C8H13F3O6S2/c1-7(8(9,10)11)16-18(12,13)5-3-2-4-6-19(14,15)17-7/h2-6H2,1H3. The Kier molecular flexibility index (Phi) is 4.55. The first-order valence-electron chi connectivity index (χ1n) is 5.30. The molecule has 0 aliphatic carbocycles. The molecule has 114 valence electrons. The minimum atomic E-state index is -5.31. The third kappa shape index (κ3) is 4.58. The molecule has 1 rings (SSSR count). The fourth-order valence-electron chi connectivity index (χ4n) is 1.41. The van der Waals surface area contributed by atoms with Crippen molar-refractivity contribution >= 4 is 20.2 Å². The SMILES string of the molecule is CC1(C(F)(F)F)OS(=O)(=O)CCCCCS(=O)(=O)O1. The van der Waals surface area contributed by atoms with Crippen LogP contribution in [-0.2, 0) is 28.6 Å². The summed E-state index contributed by atoms with van der Waals surface area (Å²) in [6, 6.07) is 0. The predicted octanol–water partition coefficient (Wildman–Crippen LogP) is 1.14. The van der Waals surface area contributed by atoms with E-state index in [4.69, 9.17) is 0 Å². The third-order valence-corrected chi connectivity index (χ3v) is 5.10. The first-order valence-corrected chi connectivity index (χ1v) is 8.46. The van der Waals surface area contributed by atoms with Gasteiger partial charge in [0.15, 0.2) is 0 Å². The number of rotatable bonds is 0. The van der Waals surface area contributed by atoms with E-state index in [1.54, 1.807) is 0 Å². The van der Waals surface area contributed by atoms with Gasteiger partial charge in [-0.1, -0.05) is 6.42 Å². The number of alkyl halides is 3. The summed E-state index contributed by atoms with van der Waals surface area (Å²) in [5.41, 5.74) is 0. The number of hydrogen-bond acceptors (Lipinski definition) is 6. The summed E-state index contributed by atoms with van der Waals surface area (Å²) >= 11 is 0. The van der Waals surface area contributed by atoms with Gasteiger partial charge in [0.05, 0.1) is 11.5 Å². The highest BCUT2D eigenvalue weighted by Gasteiger charge is 2.59. The average Bonchev–Trinajstić information content (AvgIpc) is 2.11. The second-order valence-corrected chi connectivity index (χ2v) is 7.57. The van der Waals surface area contributed by atoms with Crippen LogP contribution in [0.3, 0.4) is 0 Å². The zero-order chi connectivity index (χ0) is 14.9. The molecule has 0 radical (unpaired) electrons. The normalized spacial score (nSPS) is 27.6. The summed E-state index contributed by atoms with van der Waals surface area (Å²) in [5, 5.41) is 0. The molecule has 1 aliphatic heterocycles. The molecule has 1 fully saturated rings. The van der Waals surface area contributed by atoms with E-state index in [1.165, 1.54) is 0 Å². The molecule has 0 spiro atoms. The van der Waals surface area contributed by atoms with E-state index in [-0.39, 0.29) is 26.2 Å². The van der Waals surface area contributed by atoms with Crippen LogP contribution in [0, 0.1) is 0 Å². The van der Waals surface area contributed by atoms with Crippen molar-refractivity contribution in [2.24, 2.45) is 0 Å². The lowest BCUT2D eigenvalue weighted by atomic mass is 10.3. The molecule has 0 N–H and O–H groups in total. The minimum Gasteiger partial charge on any atom is -0.224 e. The molecule has 0 amide bonds. The van der Waals surface area contributed by atoms with Crippen molar-refractivity contribution in [3.05, 3.63) is 0 Å². The maximum absolute atomic E-state index is 12.8. The second-order valence-electron chi connectivity index (χ2n) is 4.19. The molecule has 19 heavy (non-hydrogen) atoms. The Bertz CT molecular complexity index is 483. The summed E-state index contributed by atoms with van der Waals surface area (Å²) in [5.74, 6) is -4.98. The lowest BCUT2D eigenvalue weighted by Gasteiger charge is -2.30. The van der Waals surface area contributed by atoms with Crippen LogP contribution < -0.4 is 0 Å². The van der Waals surface area contributed by atoms with E-state index >= 15 is 0 Å². The quantitative estimate of drug-likeness (QED) is 0.621. The van der Waals surface area contributed by atoms with Gasteiger partial charge in [0.2, 0.25) is 0 Å². The monoisotopic (exact) mass is 326 g/mol. The lowest BCUT2D eigenvalue weighted by molar-refractivity contribution is -0.311. The van der Waals surface area contributed by atoms with E-state index in [0.29, 0.717) is 0 Å². The van der Waals surface area contributed by atoms with Crippen LogP contribution in [0.25, 0.3) is 0 Å². The molecule has 1 heterocycles. The van der Waals surface area contributed by atoms with Gasteiger partial charge in [-0.05, 0) is 12.8 Å². The highest BCUT2D eigenvalue weighted by atomic mass is 32.2. The maximum Gasteiger partial charge on any atom is 0.445 e. The van der Waals surface area contributed by atoms with Crippen molar-refractivity contribution in [3.8, 4) is 0 Å². The maximum atomic E-state index is 12.8. The molecular formula is C8H13F3O6S2. The Morgan fingerprint density at radius 2 is 1.26 bits per heavy atom. The molecular weight excluding hydrogens is 313 g/mol. The molecule has 0 unspecified atom stereocenters. The van der Waals surface area contributed by atoms with Gasteiger partial charge in [0, 0.05) is 6.92 Å². The minimum absolute atomic E-state index is 0.0196. The largest absolute Gasteiger partial charge is 0.445 e. The van der Waals surface area contributed by atoms with E-state index in [9.17, 15) is 30.0 Å². The fourth-order valence-corrected chi connectivity index (χ4v) is 3.96. The summed E-state index contributed by atoms with van der Waals surface area (Å²) in [4.78, 5) is 0. The third-order valence-electron chi connectivity index (χ3n) is 2.38. The predicted molar refractivity (Wildman–Crippen MR) is 58.1 cm³/mol. The highest BCUT2D eigenvalue weighted by molar-refractivity contribution is 7.87. The zero-order valence-electron chi connectivity index (χ0n) is 9.94. The van der Waals surface area contributed by atoms with Gasteiger partial charge in [0.1, 0.15) is 0 Å². The number of hydrogen-bond donors (Lipinski definition) is 0. The number of halogens is 3.